The van der Waals surface area contributed by atoms with Gasteiger partial charge >= 0.3 is 0 Å². The fourth-order valence-electron chi connectivity index (χ4n) is 2.62. The van der Waals surface area contributed by atoms with Gasteiger partial charge in [0.15, 0.2) is 6.61 Å². The summed E-state index contributed by atoms with van der Waals surface area (Å²) in [5, 5.41) is 18.2. The van der Waals surface area contributed by atoms with Crippen LogP contribution >= 0.6 is 34.8 Å². The maximum absolute atomic E-state index is 12.1. The summed E-state index contributed by atoms with van der Waals surface area (Å²) in [6.45, 7) is -0.299. The van der Waals surface area contributed by atoms with Gasteiger partial charge in [-0.05, 0) is 48.0 Å². The standard InChI is InChI=1S/C22H15Cl3N4O5/c23-17-6-5-15(10-18(17)24)27-21(30)12-34-20-7-4-13(8-19(20)25)11-26-28-22(31)14-2-1-3-16(9-14)29(32)33/h1-11H,12H2,(H,27,30)(H,28,31)/b26-11+. The summed E-state index contributed by atoms with van der Waals surface area (Å²) in [5.41, 5.74) is 3.17. The summed E-state index contributed by atoms with van der Waals surface area (Å²) in [7, 11) is 0. The number of nitro benzene ring substituents is 1. The predicted octanol–water partition coefficient (Wildman–Crippen LogP) is 5.34. The monoisotopic (exact) mass is 520 g/mol. The second kappa shape index (κ2) is 11.5. The maximum atomic E-state index is 12.1. The van der Waals surface area contributed by atoms with Gasteiger partial charge in [-0.2, -0.15) is 5.10 Å². The van der Waals surface area contributed by atoms with Gasteiger partial charge in [0.2, 0.25) is 0 Å². The molecule has 3 rings (SSSR count). The Morgan fingerprint density at radius 2 is 1.79 bits per heavy atom. The van der Waals surface area contributed by atoms with Crippen LogP contribution in [0.1, 0.15) is 15.9 Å². The van der Waals surface area contributed by atoms with Gasteiger partial charge in [0.25, 0.3) is 17.5 Å². The van der Waals surface area contributed by atoms with Crippen LogP contribution in [0.5, 0.6) is 5.75 Å². The number of carbonyl (C=O) groups excluding carboxylic acids is 2. The van der Waals surface area contributed by atoms with E-state index in [2.05, 4.69) is 15.8 Å². The van der Waals surface area contributed by atoms with Crippen molar-refractivity contribution in [3.8, 4) is 5.75 Å². The Morgan fingerprint density at radius 1 is 1.00 bits per heavy atom. The maximum Gasteiger partial charge on any atom is 0.271 e. The fraction of sp³-hybridized carbons (Fsp3) is 0.0455. The molecule has 12 heteroatoms. The van der Waals surface area contributed by atoms with E-state index in [0.29, 0.717) is 21.3 Å². The molecule has 0 unspecified atom stereocenters. The number of ether oxygens (including phenoxy) is 1. The summed E-state index contributed by atoms with van der Waals surface area (Å²) < 4.78 is 5.44. The molecule has 0 aliphatic carbocycles. The first-order valence-electron chi connectivity index (χ1n) is 9.48. The average Bonchev–Trinajstić information content (AvgIpc) is 2.81. The van der Waals surface area contributed by atoms with Crippen LogP contribution in [-0.4, -0.2) is 29.6 Å². The summed E-state index contributed by atoms with van der Waals surface area (Å²) in [6, 6.07) is 14.6. The molecule has 0 heterocycles. The number of carbonyl (C=O) groups is 2. The van der Waals surface area contributed by atoms with Crippen molar-refractivity contribution in [2.75, 3.05) is 11.9 Å². The molecule has 0 aliphatic rings. The molecule has 0 fully saturated rings. The highest BCUT2D eigenvalue weighted by Gasteiger charge is 2.11. The molecule has 0 spiro atoms. The van der Waals surface area contributed by atoms with Gasteiger partial charge in [0.1, 0.15) is 5.75 Å². The normalized spacial score (nSPS) is 10.7. The van der Waals surface area contributed by atoms with Crippen LogP contribution in [0, 0.1) is 10.1 Å². The van der Waals surface area contributed by atoms with E-state index in [-0.39, 0.29) is 28.6 Å². The summed E-state index contributed by atoms with van der Waals surface area (Å²) in [4.78, 5) is 34.4. The van der Waals surface area contributed by atoms with Crippen molar-refractivity contribution in [3.05, 3.63) is 97.0 Å². The fourth-order valence-corrected chi connectivity index (χ4v) is 3.16. The number of non-ortho nitro benzene ring substituents is 1. The highest BCUT2D eigenvalue weighted by Crippen LogP contribution is 2.26. The van der Waals surface area contributed by atoms with Gasteiger partial charge in [0.05, 0.1) is 26.2 Å². The first kappa shape index (κ1) is 25.0. The first-order chi connectivity index (χ1) is 16.2. The van der Waals surface area contributed by atoms with Crippen LogP contribution in [0.15, 0.2) is 65.8 Å². The number of hydrazone groups is 1. The third-order valence-electron chi connectivity index (χ3n) is 4.22. The van der Waals surface area contributed by atoms with Crippen LogP contribution in [0.4, 0.5) is 11.4 Å². The Morgan fingerprint density at radius 3 is 2.50 bits per heavy atom. The molecule has 0 saturated carbocycles. The number of benzene rings is 3. The number of nitrogens with one attached hydrogen (secondary N) is 2. The number of rotatable bonds is 8. The predicted molar refractivity (Wildman–Crippen MR) is 130 cm³/mol. The van der Waals surface area contributed by atoms with Gasteiger partial charge in [-0.3, -0.25) is 19.7 Å². The number of nitrogens with zero attached hydrogens (tertiary/aromatic N) is 2. The Hall–Kier alpha value is -3.66. The number of anilines is 1. The lowest BCUT2D eigenvalue weighted by atomic mass is 10.2. The average molecular weight is 522 g/mol. The van der Waals surface area contributed by atoms with Gasteiger partial charge in [0, 0.05) is 23.4 Å². The lowest BCUT2D eigenvalue weighted by Crippen LogP contribution is -2.20. The molecule has 0 saturated heterocycles. The van der Waals surface area contributed by atoms with Gasteiger partial charge < -0.3 is 10.1 Å². The minimum Gasteiger partial charge on any atom is -0.482 e. The van der Waals surface area contributed by atoms with Crippen LogP contribution in [0.25, 0.3) is 0 Å². The van der Waals surface area contributed by atoms with E-state index in [0.717, 1.165) is 6.07 Å². The topological polar surface area (TPSA) is 123 Å². The molecule has 3 aromatic rings. The van der Waals surface area contributed by atoms with Crippen molar-refractivity contribution >= 4 is 64.2 Å². The highest BCUT2D eigenvalue weighted by molar-refractivity contribution is 6.42. The zero-order valence-corrected chi connectivity index (χ0v) is 19.4. The SMILES string of the molecule is O=C(COc1ccc(/C=N/NC(=O)c2cccc([N+](=O)[O-])c2)cc1Cl)Nc1ccc(Cl)c(Cl)c1. The van der Waals surface area contributed by atoms with Gasteiger partial charge in [-0.15, -0.1) is 0 Å². The zero-order valence-electron chi connectivity index (χ0n) is 17.1. The minimum absolute atomic E-state index is 0.0901. The Labute approximate surface area is 208 Å². The van der Waals surface area contributed by atoms with E-state index >= 15 is 0 Å². The van der Waals surface area contributed by atoms with Gasteiger partial charge in [-0.1, -0.05) is 40.9 Å². The van der Waals surface area contributed by atoms with Crippen molar-refractivity contribution < 1.29 is 19.2 Å². The Kier molecular flexibility index (Phi) is 8.42. The number of amides is 2. The largest absolute Gasteiger partial charge is 0.482 e. The molecule has 0 aliphatic heterocycles. The van der Waals surface area contributed by atoms with Crippen LogP contribution < -0.4 is 15.5 Å². The molecule has 34 heavy (non-hydrogen) atoms. The van der Waals surface area contributed by atoms with Crippen molar-refractivity contribution in [3.63, 3.8) is 0 Å². The quantitative estimate of drug-likeness (QED) is 0.235. The lowest BCUT2D eigenvalue weighted by Gasteiger charge is -2.10. The van der Waals surface area contributed by atoms with Crippen molar-refractivity contribution in [1.82, 2.24) is 5.43 Å². The lowest BCUT2D eigenvalue weighted by molar-refractivity contribution is -0.384. The van der Waals surface area contributed by atoms with E-state index in [4.69, 9.17) is 39.5 Å². The minimum atomic E-state index is -0.612. The molecule has 9 nitrogen and oxygen atoms in total. The summed E-state index contributed by atoms with van der Waals surface area (Å²) in [6.07, 6.45) is 1.34. The zero-order chi connectivity index (χ0) is 24.7. The van der Waals surface area contributed by atoms with Crippen LogP contribution in [0.3, 0.4) is 0 Å². The number of nitro groups is 1. The smallest absolute Gasteiger partial charge is 0.271 e. The molecule has 0 aromatic heterocycles. The molecule has 2 amide bonds. The van der Waals surface area contributed by atoms with Crippen LogP contribution in [-0.2, 0) is 4.79 Å². The Bertz CT molecular complexity index is 1280. The number of halogens is 3. The second-order valence-electron chi connectivity index (χ2n) is 6.66. The molecule has 174 valence electrons. The third-order valence-corrected chi connectivity index (χ3v) is 5.25. The van der Waals surface area contributed by atoms with Crippen LogP contribution in [0.2, 0.25) is 15.1 Å². The molecule has 0 bridgehead atoms. The highest BCUT2D eigenvalue weighted by atomic mass is 35.5. The molecular weight excluding hydrogens is 507 g/mol. The second-order valence-corrected chi connectivity index (χ2v) is 7.88. The molecular formula is C22H15Cl3N4O5. The van der Waals surface area contributed by atoms with E-state index < -0.39 is 16.7 Å². The van der Waals surface area contributed by atoms with E-state index in [9.17, 15) is 19.7 Å². The molecule has 3 aromatic carbocycles. The summed E-state index contributed by atoms with van der Waals surface area (Å²) in [5.74, 6) is -0.772. The van der Waals surface area contributed by atoms with E-state index in [1.54, 1.807) is 24.3 Å². The van der Waals surface area contributed by atoms with Crippen molar-refractivity contribution in [1.29, 1.82) is 0 Å². The summed E-state index contributed by atoms with van der Waals surface area (Å²) >= 11 is 18.0. The Balaban J connectivity index is 1.54. The van der Waals surface area contributed by atoms with Crippen molar-refractivity contribution in [2.45, 2.75) is 0 Å². The van der Waals surface area contributed by atoms with E-state index in [1.807, 2.05) is 0 Å². The molecule has 0 atom stereocenters. The van der Waals surface area contributed by atoms with E-state index in [1.165, 1.54) is 36.5 Å². The molecule has 0 radical (unpaired) electrons. The van der Waals surface area contributed by atoms with Crippen molar-refractivity contribution in [2.24, 2.45) is 5.10 Å². The number of hydrogen-bond donors (Lipinski definition) is 2. The number of hydrogen-bond acceptors (Lipinski definition) is 6. The van der Waals surface area contributed by atoms with Gasteiger partial charge in [-0.25, -0.2) is 5.43 Å². The first-order valence-corrected chi connectivity index (χ1v) is 10.6. The third kappa shape index (κ3) is 6.92. The molecule has 2 N–H and O–H groups in total.